The van der Waals surface area contributed by atoms with E-state index in [-0.39, 0.29) is 11.7 Å². The van der Waals surface area contributed by atoms with E-state index in [1.54, 1.807) is 24.3 Å². The molecule has 0 unspecified atom stereocenters. The van der Waals surface area contributed by atoms with Gasteiger partial charge in [-0.3, -0.25) is 4.79 Å². The van der Waals surface area contributed by atoms with E-state index in [9.17, 15) is 9.90 Å². The summed E-state index contributed by atoms with van der Waals surface area (Å²) in [6, 6.07) is 8.67. The van der Waals surface area contributed by atoms with Crippen molar-refractivity contribution in [2.24, 2.45) is 4.99 Å². The SMILES string of the molecule is CCOc1cc(/C=C2/SC(=Nc3cccc(Cl)c3C)NC2=O)c(Br)cc1O. The number of phenols is 1. The normalized spacial score (nSPS) is 16.8. The molecule has 1 saturated heterocycles. The van der Waals surface area contributed by atoms with Crippen LogP contribution in [-0.2, 0) is 4.79 Å². The molecule has 1 heterocycles. The third kappa shape index (κ3) is 4.48. The molecule has 2 aromatic carbocycles. The molecular weight excluding hydrogens is 452 g/mol. The van der Waals surface area contributed by atoms with Crippen molar-refractivity contribution >= 4 is 62.1 Å². The van der Waals surface area contributed by atoms with Gasteiger partial charge in [0, 0.05) is 9.50 Å². The lowest BCUT2D eigenvalue weighted by molar-refractivity contribution is -0.115. The van der Waals surface area contributed by atoms with Gasteiger partial charge in [0.05, 0.1) is 17.2 Å². The van der Waals surface area contributed by atoms with Crippen molar-refractivity contribution < 1.29 is 14.6 Å². The molecular formula is C19H16BrClN2O3S. The van der Waals surface area contributed by atoms with Gasteiger partial charge in [-0.25, -0.2) is 4.99 Å². The summed E-state index contributed by atoms with van der Waals surface area (Å²) >= 11 is 10.8. The zero-order chi connectivity index (χ0) is 19.6. The van der Waals surface area contributed by atoms with Gasteiger partial charge in [0.2, 0.25) is 0 Å². The van der Waals surface area contributed by atoms with E-state index >= 15 is 0 Å². The Bertz CT molecular complexity index is 976. The van der Waals surface area contributed by atoms with Gasteiger partial charge in [-0.1, -0.05) is 33.6 Å². The Labute approximate surface area is 174 Å². The molecule has 1 aliphatic heterocycles. The molecule has 3 rings (SSSR count). The first-order valence-electron chi connectivity index (χ1n) is 8.09. The highest BCUT2D eigenvalue weighted by molar-refractivity contribution is 9.10. The highest BCUT2D eigenvalue weighted by atomic mass is 79.9. The topological polar surface area (TPSA) is 70.9 Å². The zero-order valence-electron chi connectivity index (χ0n) is 14.5. The van der Waals surface area contributed by atoms with Crippen LogP contribution in [-0.4, -0.2) is 22.8 Å². The summed E-state index contributed by atoms with van der Waals surface area (Å²) in [6.45, 7) is 4.14. The molecule has 5 nitrogen and oxygen atoms in total. The number of carbonyl (C=O) groups excluding carboxylic acids is 1. The Morgan fingerprint density at radius 3 is 2.93 bits per heavy atom. The van der Waals surface area contributed by atoms with Crippen molar-refractivity contribution in [3.8, 4) is 11.5 Å². The molecule has 0 saturated carbocycles. The molecule has 0 bridgehead atoms. The number of nitrogens with one attached hydrogen (secondary N) is 1. The first-order valence-corrected chi connectivity index (χ1v) is 10.1. The molecule has 0 spiro atoms. The number of hydrogen-bond acceptors (Lipinski definition) is 5. The van der Waals surface area contributed by atoms with E-state index in [4.69, 9.17) is 16.3 Å². The number of aliphatic imine (C=N–C) groups is 1. The Morgan fingerprint density at radius 1 is 1.41 bits per heavy atom. The molecule has 27 heavy (non-hydrogen) atoms. The van der Waals surface area contributed by atoms with Crippen LogP contribution in [0.3, 0.4) is 0 Å². The molecule has 0 radical (unpaired) electrons. The van der Waals surface area contributed by atoms with Crippen LogP contribution in [0.1, 0.15) is 18.1 Å². The number of ether oxygens (including phenoxy) is 1. The lowest BCUT2D eigenvalue weighted by atomic mass is 10.2. The van der Waals surface area contributed by atoms with E-state index in [0.29, 0.717) is 43.2 Å². The van der Waals surface area contributed by atoms with Crippen LogP contribution >= 0.6 is 39.3 Å². The average Bonchev–Trinajstić information content (AvgIpc) is 2.95. The average molecular weight is 468 g/mol. The summed E-state index contributed by atoms with van der Waals surface area (Å²) in [5.41, 5.74) is 2.27. The Balaban J connectivity index is 1.91. The second kappa shape index (κ2) is 8.37. The van der Waals surface area contributed by atoms with Crippen molar-refractivity contribution in [1.29, 1.82) is 0 Å². The minimum absolute atomic E-state index is 0.0353. The number of carbonyl (C=O) groups is 1. The first kappa shape index (κ1) is 19.8. The van der Waals surface area contributed by atoms with E-state index in [1.165, 1.54) is 11.8 Å². The maximum Gasteiger partial charge on any atom is 0.264 e. The molecule has 1 fully saturated rings. The third-order valence-electron chi connectivity index (χ3n) is 3.78. The Morgan fingerprint density at radius 2 is 2.19 bits per heavy atom. The first-order chi connectivity index (χ1) is 12.9. The van der Waals surface area contributed by atoms with Gasteiger partial charge < -0.3 is 15.2 Å². The fourth-order valence-electron chi connectivity index (χ4n) is 2.39. The molecule has 0 atom stereocenters. The summed E-state index contributed by atoms with van der Waals surface area (Å²) in [5, 5.41) is 13.8. The lowest BCUT2D eigenvalue weighted by Gasteiger charge is -2.08. The molecule has 0 aromatic heterocycles. The van der Waals surface area contributed by atoms with Gasteiger partial charge in [-0.2, -0.15) is 0 Å². The number of phenolic OH excluding ortho intramolecular Hbond substituents is 1. The number of thioether (sulfide) groups is 1. The highest BCUT2D eigenvalue weighted by Gasteiger charge is 2.24. The number of aromatic hydroxyl groups is 1. The smallest absolute Gasteiger partial charge is 0.264 e. The molecule has 2 N–H and O–H groups in total. The van der Waals surface area contributed by atoms with Crippen molar-refractivity contribution in [2.75, 3.05) is 6.61 Å². The third-order valence-corrected chi connectivity index (χ3v) is 5.78. The number of hydrogen-bond donors (Lipinski definition) is 2. The van der Waals surface area contributed by atoms with Crippen molar-refractivity contribution in [1.82, 2.24) is 5.32 Å². The quantitative estimate of drug-likeness (QED) is 0.590. The Kier molecular flexibility index (Phi) is 6.14. The molecule has 2 aromatic rings. The van der Waals surface area contributed by atoms with E-state index < -0.39 is 0 Å². The van der Waals surface area contributed by atoms with E-state index in [0.717, 1.165) is 5.56 Å². The summed E-state index contributed by atoms with van der Waals surface area (Å²) in [7, 11) is 0. The van der Waals surface area contributed by atoms with Gasteiger partial charge in [0.15, 0.2) is 16.7 Å². The number of amides is 1. The molecule has 0 aliphatic carbocycles. The zero-order valence-corrected chi connectivity index (χ0v) is 17.7. The number of rotatable bonds is 4. The molecule has 8 heteroatoms. The number of amidine groups is 1. The summed E-state index contributed by atoms with van der Waals surface area (Å²) in [5.74, 6) is 0.156. The lowest BCUT2D eigenvalue weighted by Crippen LogP contribution is -2.19. The number of halogens is 2. The van der Waals surface area contributed by atoms with Crippen LogP contribution in [0.5, 0.6) is 11.5 Å². The maximum absolute atomic E-state index is 12.3. The van der Waals surface area contributed by atoms with Crippen molar-refractivity contribution in [2.45, 2.75) is 13.8 Å². The van der Waals surface area contributed by atoms with Gasteiger partial charge in [-0.15, -0.1) is 0 Å². The number of nitrogens with zero attached hydrogens (tertiary/aromatic N) is 1. The van der Waals surface area contributed by atoms with Crippen LogP contribution in [0.4, 0.5) is 5.69 Å². The van der Waals surface area contributed by atoms with Crippen LogP contribution in [0.15, 0.2) is 44.7 Å². The van der Waals surface area contributed by atoms with Crippen molar-refractivity contribution in [3.63, 3.8) is 0 Å². The van der Waals surface area contributed by atoms with Gasteiger partial charge in [-0.05, 0) is 67.1 Å². The fraction of sp³-hybridized carbons (Fsp3) is 0.158. The summed E-state index contributed by atoms with van der Waals surface area (Å²) in [6.07, 6.45) is 1.72. The maximum atomic E-state index is 12.3. The fourth-order valence-corrected chi connectivity index (χ4v) is 3.83. The summed E-state index contributed by atoms with van der Waals surface area (Å²) in [4.78, 5) is 17.3. The minimum Gasteiger partial charge on any atom is -0.504 e. The molecule has 140 valence electrons. The van der Waals surface area contributed by atoms with E-state index in [2.05, 4.69) is 26.2 Å². The second-order valence-corrected chi connectivity index (χ2v) is 7.93. The van der Waals surface area contributed by atoms with Crippen LogP contribution in [0, 0.1) is 6.92 Å². The second-order valence-electron chi connectivity index (χ2n) is 5.64. The van der Waals surface area contributed by atoms with Crippen LogP contribution in [0.25, 0.3) is 6.08 Å². The standard InChI is InChI=1S/C19H16BrClN2O3S/c1-3-26-16-7-11(12(20)9-15(16)24)8-17-18(25)23-19(27-17)22-14-6-4-5-13(21)10(14)2/h4-9,24H,3H2,1-2H3,(H,22,23,25)/b17-8+. The molecule has 1 amide bonds. The monoisotopic (exact) mass is 466 g/mol. The van der Waals surface area contributed by atoms with Crippen LogP contribution < -0.4 is 10.1 Å². The largest absolute Gasteiger partial charge is 0.504 e. The summed E-state index contributed by atoms with van der Waals surface area (Å²) < 4.78 is 6.06. The number of benzene rings is 2. The van der Waals surface area contributed by atoms with Gasteiger partial charge >= 0.3 is 0 Å². The predicted molar refractivity (Wildman–Crippen MR) is 114 cm³/mol. The van der Waals surface area contributed by atoms with Crippen LogP contribution in [0.2, 0.25) is 5.02 Å². The van der Waals surface area contributed by atoms with Crippen molar-refractivity contribution in [3.05, 3.63) is 55.9 Å². The predicted octanol–water partition coefficient (Wildman–Crippen LogP) is 5.41. The Hall–Kier alpha value is -1.96. The van der Waals surface area contributed by atoms with Gasteiger partial charge in [0.1, 0.15) is 0 Å². The highest BCUT2D eigenvalue weighted by Crippen LogP contribution is 2.36. The van der Waals surface area contributed by atoms with E-state index in [1.807, 2.05) is 26.0 Å². The molecule has 1 aliphatic rings. The minimum atomic E-state index is -0.239. The van der Waals surface area contributed by atoms with Gasteiger partial charge in [0.25, 0.3) is 5.91 Å².